The van der Waals surface area contributed by atoms with Gasteiger partial charge in [0, 0.05) is 0 Å². The second-order valence-electron chi connectivity index (χ2n) is 10.4. The number of rotatable bonds is 30. The molecule has 0 spiro atoms. The Labute approximate surface area is 366 Å². The summed E-state index contributed by atoms with van der Waals surface area (Å²) in [5.74, 6) is -5.64. The zero-order chi connectivity index (χ0) is 49.6. The molecule has 63 heavy (non-hydrogen) atoms. The van der Waals surface area contributed by atoms with Gasteiger partial charge < -0.3 is 83.8 Å². The molecule has 36 nitrogen and oxygen atoms in total. The third kappa shape index (κ3) is 60.5. The minimum absolute atomic E-state index is 0.0181. The first-order chi connectivity index (χ1) is 28.5. The number of carbonyl (C=O) groups excluding carboxylic acids is 6. The van der Waals surface area contributed by atoms with Crippen molar-refractivity contribution in [1.82, 2.24) is 31.9 Å². The molecule has 45 heteroatoms. The van der Waals surface area contributed by atoms with Crippen LogP contribution in [-0.2, 0) is 81.3 Å². The molecule has 0 atom stereocenters. The van der Waals surface area contributed by atoms with E-state index in [1.807, 2.05) is 0 Å². The van der Waals surface area contributed by atoms with E-state index in [4.69, 9.17) is 58.7 Å². The Morgan fingerprint density at radius 1 is 0.286 bits per heavy atom. The normalized spacial score (nSPS) is 12.0. The molecule has 0 unspecified atom stereocenters. The van der Waals surface area contributed by atoms with Crippen molar-refractivity contribution in [1.29, 1.82) is 0 Å². The summed E-state index contributed by atoms with van der Waals surface area (Å²) in [6.07, 6.45) is -4.26. The summed E-state index contributed by atoms with van der Waals surface area (Å²) < 4.78 is 88.5. The summed E-state index contributed by atoms with van der Waals surface area (Å²) in [5, 5.41) is 12.7. The maximum Gasteiger partial charge on any atom is 0.339 e. The van der Waals surface area contributed by atoms with Gasteiger partial charge in [-0.1, -0.05) is 0 Å². The number of carbonyl (C=O) groups is 6. The van der Waals surface area contributed by atoms with Crippen LogP contribution in [0.4, 0.5) is 0 Å². The van der Waals surface area contributed by atoms with E-state index in [0.717, 1.165) is 0 Å². The van der Waals surface area contributed by atoms with Crippen LogP contribution in [0.2, 0.25) is 0 Å². The molecule has 0 radical (unpaired) electrons. The van der Waals surface area contributed by atoms with Crippen LogP contribution in [0.5, 0.6) is 0 Å². The van der Waals surface area contributed by atoms with E-state index in [0.29, 0.717) is 0 Å². The fourth-order valence-electron chi connectivity index (χ4n) is 2.28. The van der Waals surface area contributed by atoms with Crippen molar-refractivity contribution < 1.29 is 140 Å². The lowest BCUT2D eigenvalue weighted by Gasteiger charge is -2.06. The molecule has 0 fully saturated rings. The van der Waals surface area contributed by atoms with E-state index in [-0.39, 0.29) is 37.0 Å². The van der Waals surface area contributed by atoms with Crippen molar-refractivity contribution in [2.24, 2.45) is 0 Å². The van der Waals surface area contributed by atoms with Gasteiger partial charge in [0.15, 0.2) is 0 Å². The van der Waals surface area contributed by atoms with E-state index in [2.05, 4.69) is 57.0 Å². The number of hydrogen-bond donors (Lipinski definition) is 18. The van der Waals surface area contributed by atoms with Crippen molar-refractivity contribution in [2.75, 3.05) is 77.0 Å². The molecule has 0 aromatic rings. The van der Waals surface area contributed by atoms with Gasteiger partial charge in [0.2, 0.25) is 0 Å². The largest absolute Gasteiger partial charge is 0.353 e. The van der Waals surface area contributed by atoms with Crippen LogP contribution in [0.25, 0.3) is 0 Å². The van der Waals surface area contributed by atoms with Gasteiger partial charge in [0.05, 0.1) is 77.0 Å². The SMILES string of the molecule is O=C(CNCP(=O)(O)O)OSOC(=O)CNCP(=O)(O)O.O=C(CNCP(=O)(O)O)OSOC(=O)CNCP(=O)(O)O.O=C(CNCP(=O)(O)O)OSOC(=O)CNCP(=O)(O)O. The molecule has 0 aliphatic heterocycles. The molecule has 372 valence electrons. The van der Waals surface area contributed by atoms with Gasteiger partial charge in [-0.25, -0.2) is 28.8 Å². The first-order valence-corrected chi connectivity index (χ1v) is 28.0. The highest BCUT2D eigenvalue weighted by Crippen LogP contribution is 2.34. The number of nitrogens with one attached hydrogen (secondary N) is 6. The predicted octanol–water partition coefficient (Wildman–Crippen LogP) is -5.74. The highest BCUT2D eigenvalue weighted by atomic mass is 32.2. The maximum atomic E-state index is 11.0. The van der Waals surface area contributed by atoms with Crippen LogP contribution < -0.4 is 31.9 Å². The summed E-state index contributed by atoms with van der Waals surface area (Å²) in [5.41, 5.74) is 0. The summed E-state index contributed by atoms with van der Waals surface area (Å²) in [4.78, 5) is 168. The summed E-state index contributed by atoms with van der Waals surface area (Å²) in [7, 11) is -25.6. The molecule has 0 heterocycles. The van der Waals surface area contributed by atoms with Gasteiger partial charge in [-0.15, -0.1) is 0 Å². The highest BCUT2D eigenvalue weighted by molar-refractivity contribution is 7.91. The Kier molecular flexibility index (Phi) is 35.4. The van der Waals surface area contributed by atoms with Crippen molar-refractivity contribution in [3.8, 4) is 0 Å². The maximum absolute atomic E-state index is 11.0. The quantitative estimate of drug-likeness (QED) is 0.0235. The van der Waals surface area contributed by atoms with Crippen LogP contribution in [-0.4, -0.2) is 172 Å². The Bertz CT molecular complexity index is 1420. The fourth-order valence-corrected chi connectivity index (χ4v) is 5.61. The molecule has 0 amide bonds. The third-order valence-electron chi connectivity index (χ3n) is 4.28. The molecule has 0 aliphatic carbocycles. The van der Waals surface area contributed by atoms with Gasteiger partial charge in [-0.3, -0.25) is 59.3 Å². The third-order valence-corrected chi connectivity index (χ3v) is 9.62. The first-order valence-electron chi connectivity index (χ1n) is 15.2. The summed E-state index contributed by atoms with van der Waals surface area (Å²) in [6, 6.07) is 0. The van der Waals surface area contributed by atoms with Gasteiger partial charge >= 0.3 is 81.4 Å². The van der Waals surface area contributed by atoms with E-state index >= 15 is 0 Å². The Hall–Kier alpha value is -1.47. The lowest BCUT2D eigenvalue weighted by molar-refractivity contribution is -0.136. The van der Waals surface area contributed by atoms with Crippen LogP contribution >= 0.6 is 82.5 Å². The van der Waals surface area contributed by atoms with E-state index in [1.54, 1.807) is 0 Å². The number of hydrogen-bond acceptors (Lipinski definition) is 27. The van der Waals surface area contributed by atoms with E-state index in [9.17, 15) is 56.2 Å². The van der Waals surface area contributed by atoms with Crippen LogP contribution in [0.15, 0.2) is 0 Å². The summed E-state index contributed by atoms with van der Waals surface area (Å²) >= 11 is 0.0544. The minimum Gasteiger partial charge on any atom is -0.353 e. The Balaban J connectivity index is -0.000000857. The Morgan fingerprint density at radius 2 is 0.397 bits per heavy atom. The van der Waals surface area contributed by atoms with Gasteiger partial charge in [0.25, 0.3) is 37.0 Å². The molecule has 0 rings (SSSR count). The standard InChI is InChI=1S/3C6H14N2O10P2S/c3*9-5(1-7-3-19(11,12)13)17-21-18-6(10)2-8-4-20(14,15)16/h3*7-8H,1-4H2,(H2,11,12,13)(H2,14,15,16). The van der Waals surface area contributed by atoms with Gasteiger partial charge in [-0.05, 0) is 0 Å². The molecule has 0 aromatic heterocycles. The second-order valence-corrected chi connectivity index (χ2v) is 21.7. The van der Waals surface area contributed by atoms with Gasteiger partial charge in [-0.2, -0.15) is 0 Å². The molecule has 0 aliphatic rings. The van der Waals surface area contributed by atoms with Crippen molar-refractivity contribution in [3.05, 3.63) is 0 Å². The second kappa shape index (κ2) is 33.9. The zero-order valence-electron chi connectivity index (χ0n) is 31.1. The van der Waals surface area contributed by atoms with Crippen molar-refractivity contribution >= 4 is 118 Å². The first kappa shape index (κ1) is 65.8. The van der Waals surface area contributed by atoms with E-state index < -0.39 is 158 Å². The Morgan fingerprint density at radius 3 is 0.492 bits per heavy atom. The minimum atomic E-state index is -4.27. The van der Waals surface area contributed by atoms with Crippen LogP contribution in [0, 0.1) is 0 Å². The molecular weight excluding hydrogens is 1060 g/mol. The van der Waals surface area contributed by atoms with Crippen LogP contribution in [0.1, 0.15) is 0 Å². The smallest absolute Gasteiger partial charge is 0.339 e. The van der Waals surface area contributed by atoms with Crippen molar-refractivity contribution in [3.63, 3.8) is 0 Å². The molecule has 0 saturated carbocycles. The van der Waals surface area contributed by atoms with Gasteiger partial charge in [0.1, 0.15) is 0 Å². The summed E-state index contributed by atoms with van der Waals surface area (Å²) in [6.45, 7) is -3.05. The monoisotopic (exact) mass is 1100 g/mol. The average molecular weight is 1100 g/mol. The topological polar surface area (TPSA) is 575 Å². The predicted molar refractivity (Wildman–Crippen MR) is 209 cm³/mol. The average Bonchev–Trinajstić information content (AvgIpc) is 3.05. The lowest BCUT2D eigenvalue weighted by atomic mass is 10.7. The fraction of sp³-hybridized carbons (Fsp3) is 0.667. The molecule has 18 N–H and O–H groups in total. The van der Waals surface area contributed by atoms with E-state index in [1.165, 1.54) is 0 Å². The van der Waals surface area contributed by atoms with Crippen LogP contribution in [0.3, 0.4) is 0 Å². The highest BCUT2D eigenvalue weighted by Gasteiger charge is 2.19. The molecular formula is C18H42N6O30P6S3. The molecule has 0 aromatic carbocycles. The lowest BCUT2D eigenvalue weighted by Crippen LogP contribution is -2.26. The molecule has 0 saturated heterocycles. The molecule has 0 bridgehead atoms. The van der Waals surface area contributed by atoms with Crippen molar-refractivity contribution in [2.45, 2.75) is 0 Å². The zero-order valence-corrected chi connectivity index (χ0v) is 38.9.